The summed E-state index contributed by atoms with van der Waals surface area (Å²) in [5.74, 6) is 0.589. The van der Waals surface area contributed by atoms with E-state index in [0.29, 0.717) is 35.7 Å². The van der Waals surface area contributed by atoms with Crippen molar-refractivity contribution in [1.82, 2.24) is 9.88 Å². The second kappa shape index (κ2) is 11.6. The van der Waals surface area contributed by atoms with Gasteiger partial charge in [-0.25, -0.2) is 0 Å². The summed E-state index contributed by atoms with van der Waals surface area (Å²) >= 11 is 0. The molecule has 0 aliphatic rings. The minimum atomic E-state index is -0.444. The molecule has 0 spiro atoms. The van der Waals surface area contributed by atoms with E-state index in [9.17, 15) is 9.59 Å². The topological polar surface area (TPSA) is 107 Å². The van der Waals surface area contributed by atoms with E-state index in [1.54, 1.807) is 31.3 Å². The molecule has 8 heteroatoms. The Hall–Kier alpha value is -3.81. The molecular formula is C27H34N4O4. The average Bonchev–Trinajstić information content (AvgIpc) is 2.84. The summed E-state index contributed by atoms with van der Waals surface area (Å²) < 4.78 is 11.6. The van der Waals surface area contributed by atoms with Crippen LogP contribution in [-0.4, -0.2) is 49.0 Å². The van der Waals surface area contributed by atoms with Gasteiger partial charge in [0.25, 0.3) is 0 Å². The lowest BCUT2D eigenvalue weighted by Gasteiger charge is -2.21. The summed E-state index contributed by atoms with van der Waals surface area (Å²) in [5, 5.41) is 4.28. The zero-order valence-electron chi connectivity index (χ0n) is 21.1. The van der Waals surface area contributed by atoms with E-state index in [1.807, 2.05) is 38.1 Å². The standard InChI is InChI=1S/C27H34N4O4/c1-6-18-9-7-8-10-21(18)30-26-19(13-25(28)32)16-29-22-15-23(34-5)24(14-20(22)26)35-12-11-31(4)27(33)17(2)3/h7-10,14-17H,6,11-13H2,1-5H3,(H2,28,32)(H,29,30). The van der Waals surface area contributed by atoms with Crippen LogP contribution in [0.3, 0.4) is 0 Å². The largest absolute Gasteiger partial charge is 0.493 e. The van der Waals surface area contributed by atoms with Crippen LogP contribution in [-0.2, 0) is 22.4 Å². The number of primary amides is 1. The number of nitrogens with two attached hydrogens (primary N) is 1. The molecule has 0 bridgehead atoms. The Labute approximate surface area is 206 Å². The number of methoxy groups -OCH3 is 1. The molecule has 0 saturated carbocycles. The number of nitrogens with one attached hydrogen (secondary N) is 1. The Morgan fingerprint density at radius 2 is 1.89 bits per heavy atom. The van der Waals surface area contributed by atoms with Crippen LogP contribution in [0.5, 0.6) is 11.5 Å². The quantitative estimate of drug-likeness (QED) is 0.430. The van der Waals surface area contributed by atoms with Gasteiger partial charge >= 0.3 is 0 Å². The Morgan fingerprint density at radius 3 is 2.54 bits per heavy atom. The summed E-state index contributed by atoms with van der Waals surface area (Å²) in [6, 6.07) is 11.7. The molecule has 0 atom stereocenters. The van der Waals surface area contributed by atoms with E-state index in [0.717, 1.165) is 28.7 Å². The Bertz CT molecular complexity index is 1210. The Morgan fingerprint density at radius 1 is 1.14 bits per heavy atom. The fourth-order valence-electron chi connectivity index (χ4n) is 3.91. The highest BCUT2D eigenvalue weighted by molar-refractivity contribution is 5.98. The van der Waals surface area contributed by atoms with Crippen molar-refractivity contribution in [2.75, 3.05) is 32.6 Å². The first-order chi connectivity index (χ1) is 16.7. The van der Waals surface area contributed by atoms with Crippen LogP contribution in [0.4, 0.5) is 11.4 Å². The monoisotopic (exact) mass is 478 g/mol. The molecular weight excluding hydrogens is 444 g/mol. The maximum Gasteiger partial charge on any atom is 0.224 e. The van der Waals surface area contributed by atoms with Crippen LogP contribution in [0.2, 0.25) is 0 Å². The van der Waals surface area contributed by atoms with Gasteiger partial charge in [0, 0.05) is 41.9 Å². The van der Waals surface area contributed by atoms with Crippen LogP contribution < -0.4 is 20.5 Å². The second-order valence-electron chi connectivity index (χ2n) is 8.72. The third kappa shape index (κ3) is 6.20. The lowest BCUT2D eigenvalue weighted by molar-refractivity contribution is -0.133. The van der Waals surface area contributed by atoms with Gasteiger partial charge in [-0.2, -0.15) is 0 Å². The number of aromatic nitrogens is 1. The van der Waals surface area contributed by atoms with Crippen molar-refractivity contribution in [3.05, 3.63) is 53.7 Å². The van der Waals surface area contributed by atoms with Crippen LogP contribution >= 0.6 is 0 Å². The number of hydrogen-bond acceptors (Lipinski definition) is 6. The number of carbonyl (C=O) groups is 2. The molecule has 3 rings (SSSR count). The summed E-state index contributed by atoms with van der Waals surface area (Å²) in [6.07, 6.45) is 2.56. The molecule has 1 heterocycles. The summed E-state index contributed by atoms with van der Waals surface area (Å²) in [7, 11) is 3.33. The van der Waals surface area contributed by atoms with Gasteiger partial charge in [-0.05, 0) is 24.1 Å². The maximum absolute atomic E-state index is 12.2. The van der Waals surface area contributed by atoms with Crippen molar-refractivity contribution in [1.29, 1.82) is 0 Å². The Kier molecular flexibility index (Phi) is 8.52. The van der Waals surface area contributed by atoms with Crippen molar-refractivity contribution < 1.29 is 19.1 Å². The average molecular weight is 479 g/mol. The van der Waals surface area contributed by atoms with E-state index in [-0.39, 0.29) is 18.2 Å². The van der Waals surface area contributed by atoms with Gasteiger partial charge in [0.05, 0.1) is 31.3 Å². The molecule has 0 aliphatic carbocycles. The van der Waals surface area contributed by atoms with E-state index < -0.39 is 5.91 Å². The molecule has 0 aliphatic heterocycles. The number of benzene rings is 2. The van der Waals surface area contributed by atoms with Gasteiger partial charge in [0.2, 0.25) is 11.8 Å². The highest BCUT2D eigenvalue weighted by atomic mass is 16.5. The molecule has 0 unspecified atom stereocenters. The normalized spacial score (nSPS) is 10.9. The third-order valence-electron chi connectivity index (χ3n) is 5.81. The minimum Gasteiger partial charge on any atom is -0.493 e. The van der Waals surface area contributed by atoms with Crippen LogP contribution in [0.15, 0.2) is 42.6 Å². The fraction of sp³-hybridized carbons (Fsp3) is 0.370. The number of likely N-dealkylation sites (N-methyl/N-ethyl adjacent to an activating group) is 1. The SMILES string of the molecule is CCc1ccccc1Nc1c(CC(N)=O)cnc2cc(OC)c(OCCN(C)C(=O)C(C)C)cc12. The molecule has 35 heavy (non-hydrogen) atoms. The van der Waals surface area contributed by atoms with Gasteiger partial charge in [0.15, 0.2) is 11.5 Å². The number of aryl methyl sites for hydroxylation is 1. The third-order valence-corrected chi connectivity index (χ3v) is 5.81. The van der Waals surface area contributed by atoms with E-state index in [1.165, 1.54) is 0 Å². The lowest BCUT2D eigenvalue weighted by Crippen LogP contribution is -2.33. The first kappa shape index (κ1) is 25.8. The number of pyridine rings is 1. The summed E-state index contributed by atoms with van der Waals surface area (Å²) in [4.78, 5) is 30.2. The van der Waals surface area contributed by atoms with E-state index in [2.05, 4.69) is 23.3 Å². The number of amides is 2. The Balaban J connectivity index is 2.02. The molecule has 3 aromatic rings. The van der Waals surface area contributed by atoms with Gasteiger partial charge < -0.3 is 25.4 Å². The summed E-state index contributed by atoms with van der Waals surface area (Å²) in [5.41, 5.74) is 9.74. The van der Waals surface area contributed by atoms with Gasteiger partial charge in [-0.1, -0.05) is 39.0 Å². The molecule has 2 aromatic carbocycles. The molecule has 0 radical (unpaired) electrons. The zero-order valence-corrected chi connectivity index (χ0v) is 21.1. The minimum absolute atomic E-state index is 0.0455. The van der Waals surface area contributed by atoms with E-state index in [4.69, 9.17) is 15.2 Å². The molecule has 186 valence electrons. The molecule has 1 aromatic heterocycles. The number of ether oxygens (including phenoxy) is 2. The van der Waals surface area contributed by atoms with Crippen molar-refractivity contribution >= 4 is 34.1 Å². The number of anilines is 2. The zero-order chi connectivity index (χ0) is 25.5. The molecule has 0 fully saturated rings. The highest BCUT2D eigenvalue weighted by Gasteiger charge is 2.17. The molecule has 3 N–H and O–H groups in total. The van der Waals surface area contributed by atoms with Crippen molar-refractivity contribution in [2.45, 2.75) is 33.6 Å². The van der Waals surface area contributed by atoms with E-state index >= 15 is 0 Å². The second-order valence-corrected chi connectivity index (χ2v) is 8.72. The van der Waals surface area contributed by atoms with Gasteiger partial charge in [-0.15, -0.1) is 0 Å². The smallest absolute Gasteiger partial charge is 0.224 e. The fourth-order valence-corrected chi connectivity index (χ4v) is 3.91. The van der Waals surface area contributed by atoms with Crippen molar-refractivity contribution in [3.63, 3.8) is 0 Å². The maximum atomic E-state index is 12.2. The van der Waals surface area contributed by atoms with Crippen LogP contribution in [0.25, 0.3) is 10.9 Å². The molecule has 2 amide bonds. The number of carbonyl (C=O) groups excluding carboxylic acids is 2. The van der Waals surface area contributed by atoms with Crippen molar-refractivity contribution in [3.8, 4) is 11.5 Å². The van der Waals surface area contributed by atoms with Crippen molar-refractivity contribution in [2.24, 2.45) is 11.7 Å². The summed E-state index contributed by atoms with van der Waals surface area (Å²) in [6.45, 7) is 6.56. The number of para-hydroxylation sites is 1. The predicted octanol–water partition coefficient (Wildman–Crippen LogP) is 4.07. The van der Waals surface area contributed by atoms with Crippen LogP contribution in [0, 0.1) is 5.92 Å². The van der Waals surface area contributed by atoms with Gasteiger partial charge in [0.1, 0.15) is 6.61 Å². The number of rotatable bonds is 11. The first-order valence-electron chi connectivity index (χ1n) is 11.8. The number of hydrogen-bond donors (Lipinski definition) is 2. The van der Waals surface area contributed by atoms with Crippen LogP contribution in [0.1, 0.15) is 31.9 Å². The molecule has 8 nitrogen and oxygen atoms in total. The highest BCUT2D eigenvalue weighted by Crippen LogP contribution is 2.38. The van der Waals surface area contributed by atoms with Gasteiger partial charge in [-0.3, -0.25) is 14.6 Å². The molecule has 0 saturated heterocycles. The number of nitrogens with zero attached hydrogens (tertiary/aromatic N) is 2. The first-order valence-corrected chi connectivity index (χ1v) is 11.8. The predicted molar refractivity (Wildman–Crippen MR) is 138 cm³/mol. The lowest BCUT2D eigenvalue weighted by atomic mass is 10.0. The number of fused-ring (bicyclic) bond motifs is 1.